The van der Waals surface area contributed by atoms with Crippen LogP contribution in [-0.4, -0.2) is 30.9 Å². The Labute approximate surface area is 136 Å². The van der Waals surface area contributed by atoms with Crippen molar-refractivity contribution in [3.63, 3.8) is 0 Å². The van der Waals surface area contributed by atoms with Gasteiger partial charge in [-0.05, 0) is 35.2 Å². The summed E-state index contributed by atoms with van der Waals surface area (Å²) in [4.78, 5) is 13.5. The molecule has 0 aromatic heterocycles. The number of rotatable bonds is 3. The summed E-state index contributed by atoms with van der Waals surface area (Å²) < 4.78 is 0. The average molecular weight is 305 g/mol. The minimum Gasteiger partial charge on any atom is -0.355 e. The van der Waals surface area contributed by atoms with Crippen molar-refractivity contribution in [2.45, 2.75) is 12.3 Å². The summed E-state index contributed by atoms with van der Waals surface area (Å²) >= 11 is 0. The number of carbonyl (C=O) groups excluding carboxylic acids is 1. The molecular weight excluding hydrogens is 286 g/mol. The molecule has 1 unspecified atom stereocenters. The van der Waals surface area contributed by atoms with Gasteiger partial charge in [-0.3, -0.25) is 4.79 Å². The van der Waals surface area contributed by atoms with Crippen molar-refractivity contribution < 1.29 is 4.79 Å². The van der Waals surface area contributed by atoms with Gasteiger partial charge < -0.3 is 10.2 Å². The van der Waals surface area contributed by atoms with Gasteiger partial charge in [-0.15, -0.1) is 0 Å². The predicted octanol–water partition coefficient (Wildman–Crippen LogP) is 2.98. The van der Waals surface area contributed by atoms with Crippen LogP contribution in [0.2, 0.25) is 0 Å². The first kappa shape index (κ1) is 15.1. The van der Waals surface area contributed by atoms with Gasteiger partial charge in [0.25, 0.3) is 5.91 Å². The summed E-state index contributed by atoms with van der Waals surface area (Å²) in [6.07, 6.45) is 3.24. The Balaban J connectivity index is 1.92. The highest BCUT2D eigenvalue weighted by molar-refractivity contribution is 5.94. The fourth-order valence-corrected chi connectivity index (χ4v) is 3.17. The van der Waals surface area contributed by atoms with Gasteiger partial charge in [-0.1, -0.05) is 36.4 Å². The molecule has 1 saturated heterocycles. The van der Waals surface area contributed by atoms with Gasteiger partial charge in [-0.25, -0.2) is 0 Å². The van der Waals surface area contributed by atoms with Crippen LogP contribution in [-0.2, 0) is 0 Å². The molecule has 116 valence electrons. The van der Waals surface area contributed by atoms with Crippen molar-refractivity contribution in [1.29, 1.82) is 5.26 Å². The molecule has 1 heterocycles. The molecule has 3 rings (SSSR count). The van der Waals surface area contributed by atoms with Crippen LogP contribution in [0.25, 0.3) is 11.1 Å². The second-order valence-electron chi connectivity index (χ2n) is 5.78. The Hall–Kier alpha value is -2.80. The highest BCUT2D eigenvalue weighted by Gasteiger charge is 2.25. The fourth-order valence-electron chi connectivity index (χ4n) is 3.17. The molecule has 1 amide bonds. The van der Waals surface area contributed by atoms with E-state index in [1.807, 2.05) is 41.3 Å². The number of amides is 1. The van der Waals surface area contributed by atoms with Crippen molar-refractivity contribution in [3.05, 3.63) is 59.7 Å². The maximum Gasteiger partial charge on any atom is 0.251 e. The molecule has 0 radical (unpaired) electrons. The average Bonchev–Trinajstić information content (AvgIpc) is 3.10. The van der Waals surface area contributed by atoms with Crippen molar-refractivity contribution >= 4 is 5.91 Å². The molecule has 0 bridgehead atoms. The zero-order valence-corrected chi connectivity index (χ0v) is 13.1. The largest absolute Gasteiger partial charge is 0.355 e. The van der Waals surface area contributed by atoms with Crippen LogP contribution in [0.5, 0.6) is 0 Å². The number of hydrogen-bond donors (Lipinski definition) is 1. The standard InChI is InChI=1S/C19H19N3O/c1-21-19(23)15-8-6-14(7-9-15)17-4-2-3-5-18(17)16-10-11-22(12-16)13-20/h2-9,16H,10-12H2,1H3,(H,21,23). The third kappa shape index (κ3) is 3.04. The monoisotopic (exact) mass is 305 g/mol. The summed E-state index contributed by atoms with van der Waals surface area (Å²) in [7, 11) is 1.63. The zero-order chi connectivity index (χ0) is 16.2. The molecule has 1 aliphatic rings. The molecule has 4 heteroatoms. The van der Waals surface area contributed by atoms with Gasteiger partial charge in [0.1, 0.15) is 0 Å². The Kier molecular flexibility index (Phi) is 4.29. The molecular formula is C19H19N3O. The zero-order valence-electron chi connectivity index (χ0n) is 13.1. The normalized spacial score (nSPS) is 16.9. The lowest BCUT2D eigenvalue weighted by Gasteiger charge is -2.16. The minimum atomic E-state index is -0.0784. The smallest absolute Gasteiger partial charge is 0.251 e. The first-order valence-electron chi connectivity index (χ1n) is 7.79. The molecule has 1 N–H and O–H groups in total. The SMILES string of the molecule is CNC(=O)c1ccc(-c2ccccc2C2CCN(C#N)C2)cc1. The second kappa shape index (κ2) is 6.53. The van der Waals surface area contributed by atoms with Crippen molar-refractivity contribution in [1.82, 2.24) is 10.2 Å². The van der Waals surface area contributed by atoms with Crippen LogP contribution in [0.15, 0.2) is 48.5 Å². The fraction of sp³-hybridized carbons (Fsp3) is 0.263. The lowest BCUT2D eigenvalue weighted by Crippen LogP contribution is -2.17. The second-order valence-corrected chi connectivity index (χ2v) is 5.78. The number of nitriles is 1. The third-order valence-electron chi connectivity index (χ3n) is 4.42. The van der Waals surface area contributed by atoms with Gasteiger partial charge in [-0.2, -0.15) is 5.26 Å². The first-order chi connectivity index (χ1) is 11.2. The highest BCUT2D eigenvalue weighted by atomic mass is 16.1. The first-order valence-corrected chi connectivity index (χ1v) is 7.79. The minimum absolute atomic E-state index is 0.0784. The van der Waals surface area contributed by atoms with E-state index >= 15 is 0 Å². The summed E-state index contributed by atoms with van der Waals surface area (Å²) in [5, 5.41) is 11.7. The number of nitrogens with zero attached hydrogens (tertiary/aromatic N) is 2. The number of benzene rings is 2. The van der Waals surface area contributed by atoms with E-state index in [0.717, 1.165) is 25.1 Å². The van der Waals surface area contributed by atoms with Gasteiger partial charge >= 0.3 is 0 Å². The van der Waals surface area contributed by atoms with E-state index in [1.54, 1.807) is 7.05 Å². The van der Waals surface area contributed by atoms with Crippen LogP contribution in [0.1, 0.15) is 28.3 Å². The van der Waals surface area contributed by atoms with Gasteiger partial charge in [0.05, 0.1) is 0 Å². The highest BCUT2D eigenvalue weighted by Crippen LogP contribution is 2.34. The third-order valence-corrected chi connectivity index (χ3v) is 4.42. The van der Waals surface area contributed by atoms with Crippen molar-refractivity contribution in [3.8, 4) is 17.3 Å². The van der Waals surface area contributed by atoms with Crippen LogP contribution < -0.4 is 5.32 Å². The van der Waals surface area contributed by atoms with Crippen LogP contribution >= 0.6 is 0 Å². The maximum atomic E-state index is 11.7. The van der Waals surface area contributed by atoms with Crippen LogP contribution in [0.4, 0.5) is 0 Å². The number of carbonyl (C=O) groups is 1. The summed E-state index contributed by atoms with van der Waals surface area (Å²) in [6, 6.07) is 16.0. The summed E-state index contributed by atoms with van der Waals surface area (Å²) in [5.74, 6) is 0.301. The van der Waals surface area contributed by atoms with Crippen molar-refractivity contribution in [2.24, 2.45) is 0 Å². The van der Waals surface area contributed by atoms with Gasteiger partial charge in [0, 0.05) is 31.6 Å². The lowest BCUT2D eigenvalue weighted by atomic mass is 9.89. The molecule has 2 aromatic carbocycles. The van der Waals surface area contributed by atoms with E-state index in [4.69, 9.17) is 5.26 Å². The topological polar surface area (TPSA) is 56.1 Å². The molecule has 23 heavy (non-hydrogen) atoms. The number of likely N-dealkylation sites (tertiary alicyclic amines) is 1. The maximum absolute atomic E-state index is 11.7. The molecule has 1 atom stereocenters. The van der Waals surface area contributed by atoms with Gasteiger partial charge in [0.2, 0.25) is 0 Å². The molecule has 0 saturated carbocycles. The van der Waals surface area contributed by atoms with E-state index in [1.165, 1.54) is 11.1 Å². The molecule has 1 aliphatic heterocycles. The van der Waals surface area contributed by atoms with E-state index in [-0.39, 0.29) is 5.91 Å². The molecule has 2 aromatic rings. The molecule has 0 spiro atoms. The van der Waals surface area contributed by atoms with Gasteiger partial charge in [0.15, 0.2) is 6.19 Å². The van der Waals surface area contributed by atoms with Crippen molar-refractivity contribution in [2.75, 3.05) is 20.1 Å². The lowest BCUT2D eigenvalue weighted by molar-refractivity contribution is 0.0963. The molecule has 1 fully saturated rings. The van der Waals surface area contributed by atoms with E-state index in [2.05, 4.69) is 23.6 Å². The van der Waals surface area contributed by atoms with E-state index in [0.29, 0.717) is 11.5 Å². The number of hydrogen-bond acceptors (Lipinski definition) is 3. The Bertz CT molecular complexity index is 746. The number of nitrogens with one attached hydrogen (secondary N) is 1. The predicted molar refractivity (Wildman–Crippen MR) is 89.8 cm³/mol. The van der Waals surface area contributed by atoms with Crippen LogP contribution in [0.3, 0.4) is 0 Å². The van der Waals surface area contributed by atoms with E-state index < -0.39 is 0 Å². The Morgan fingerprint density at radius 2 is 1.96 bits per heavy atom. The summed E-state index contributed by atoms with van der Waals surface area (Å²) in [5.41, 5.74) is 4.22. The van der Waals surface area contributed by atoms with E-state index in [9.17, 15) is 4.79 Å². The quantitative estimate of drug-likeness (QED) is 0.887. The molecule has 0 aliphatic carbocycles. The Morgan fingerprint density at radius 3 is 2.61 bits per heavy atom. The molecule has 4 nitrogen and oxygen atoms in total. The van der Waals surface area contributed by atoms with Crippen LogP contribution in [0, 0.1) is 11.5 Å². The Morgan fingerprint density at radius 1 is 1.22 bits per heavy atom. The summed E-state index contributed by atoms with van der Waals surface area (Å²) in [6.45, 7) is 1.61.